The average Bonchev–Trinajstić information content (AvgIpc) is 2.27. The molecule has 92 valence electrons. The zero-order valence-corrected chi connectivity index (χ0v) is 11.5. The first-order chi connectivity index (χ1) is 7.61. The zero-order valence-electron chi connectivity index (χ0n) is 9.38. The van der Waals surface area contributed by atoms with Crippen molar-refractivity contribution in [3.63, 3.8) is 0 Å². The smallest absolute Gasteiger partial charge is 0.239 e. The number of amides is 2. The van der Waals surface area contributed by atoms with E-state index >= 15 is 0 Å². The molecule has 1 aliphatic carbocycles. The molecule has 0 unspecified atom stereocenters. The fourth-order valence-corrected chi connectivity index (χ4v) is 2.45. The second-order valence-corrected chi connectivity index (χ2v) is 4.76. The van der Waals surface area contributed by atoms with E-state index in [1.165, 1.54) is 6.92 Å². The minimum absolute atomic E-state index is 0.0831. The van der Waals surface area contributed by atoms with Crippen molar-refractivity contribution >= 4 is 34.7 Å². The van der Waals surface area contributed by atoms with Gasteiger partial charge in [0.15, 0.2) is 0 Å². The Morgan fingerprint density at radius 2 is 1.75 bits per heavy atom. The second-order valence-electron chi connectivity index (χ2n) is 4.13. The molecule has 0 heterocycles. The number of carbonyl (C=O) groups is 2. The molecule has 0 aromatic rings. The van der Waals surface area contributed by atoms with Gasteiger partial charge in [-0.1, -0.05) is 0 Å². The van der Waals surface area contributed by atoms with Gasteiger partial charge in [-0.15, -0.1) is 0 Å². The lowest BCUT2D eigenvalue weighted by molar-refractivity contribution is -0.125. The van der Waals surface area contributed by atoms with Crippen LogP contribution in [0.15, 0.2) is 0 Å². The summed E-state index contributed by atoms with van der Waals surface area (Å²) in [7, 11) is 0. The molecule has 0 bridgehead atoms. The predicted octanol–water partition coefficient (Wildman–Crippen LogP) is 0.489. The van der Waals surface area contributed by atoms with Crippen LogP contribution in [0.5, 0.6) is 0 Å². The van der Waals surface area contributed by atoms with Crippen molar-refractivity contribution in [2.45, 2.75) is 44.7 Å². The van der Waals surface area contributed by atoms with Gasteiger partial charge in [0.2, 0.25) is 11.8 Å². The second kappa shape index (κ2) is 7.05. The molecule has 1 rings (SSSR count). The summed E-state index contributed by atoms with van der Waals surface area (Å²) in [6.45, 7) is 1.49. The molecule has 6 heteroatoms. The summed E-state index contributed by atoms with van der Waals surface area (Å²) in [5.41, 5.74) is 0. The van der Waals surface area contributed by atoms with Crippen molar-refractivity contribution in [3.05, 3.63) is 0 Å². The Kier molecular flexibility index (Phi) is 6.04. The Balaban J connectivity index is 2.18. The molecule has 2 amide bonds. The summed E-state index contributed by atoms with van der Waals surface area (Å²) in [6.07, 6.45) is 4.20. The Morgan fingerprint density at radius 3 is 2.25 bits per heavy atom. The molecule has 0 atom stereocenters. The molecule has 0 aromatic carbocycles. The van der Waals surface area contributed by atoms with Crippen LogP contribution in [0.25, 0.3) is 0 Å². The number of carbonyl (C=O) groups excluding carboxylic acids is 2. The van der Waals surface area contributed by atoms with E-state index in [2.05, 4.69) is 37.0 Å². The van der Waals surface area contributed by atoms with E-state index in [1.54, 1.807) is 0 Å². The highest BCUT2D eigenvalue weighted by Gasteiger charge is 2.21. The fourth-order valence-electron chi connectivity index (χ4n) is 1.83. The van der Waals surface area contributed by atoms with Crippen LogP contribution in [-0.2, 0) is 9.59 Å². The first kappa shape index (κ1) is 13.7. The third-order valence-electron chi connectivity index (χ3n) is 2.74. The third kappa shape index (κ3) is 5.11. The maximum Gasteiger partial charge on any atom is 0.239 e. The molecule has 1 aliphatic rings. The molecule has 0 spiro atoms. The first-order valence-corrected chi connectivity index (χ1v) is 6.59. The van der Waals surface area contributed by atoms with Crippen molar-refractivity contribution in [1.82, 2.24) is 14.2 Å². The number of hydrogen-bond donors (Lipinski definition) is 3. The molecule has 0 aliphatic heterocycles. The summed E-state index contributed by atoms with van der Waals surface area (Å²) in [4.78, 5) is 22.0. The van der Waals surface area contributed by atoms with Crippen molar-refractivity contribution in [3.8, 4) is 0 Å². The molecule has 3 N–H and O–H groups in total. The van der Waals surface area contributed by atoms with Gasteiger partial charge in [0.25, 0.3) is 0 Å². The maximum absolute atomic E-state index is 11.4. The van der Waals surface area contributed by atoms with Gasteiger partial charge in [-0.2, -0.15) is 0 Å². The highest BCUT2D eigenvalue weighted by atomic mass is 127. The molecule has 0 aromatic heterocycles. The highest BCUT2D eigenvalue weighted by molar-refractivity contribution is 14.1. The molecule has 16 heavy (non-hydrogen) atoms. The Labute approximate surface area is 110 Å². The zero-order chi connectivity index (χ0) is 12.0. The van der Waals surface area contributed by atoms with Crippen molar-refractivity contribution < 1.29 is 9.59 Å². The topological polar surface area (TPSA) is 70.2 Å². The van der Waals surface area contributed by atoms with E-state index in [1.807, 2.05) is 0 Å². The number of halogens is 1. The third-order valence-corrected chi connectivity index (χ3v) is 3.63. The molecular weight excluding hydrogens is 321 g/mol. The van der Waals surface area contributed by atoms with Crippen molar-refractivity contribution in [2.75, 3.05) is 6.54 Å². The van der Waals surface area contributed by atoms with Crippen LogP contribution in [-0.4, -0.2) is 30.4 Å². The van der Waals surface area contributed by atoms with Gasteiger partial charge in [0.05, 0.1) is 6.54 Å². The minimum Gasteiger partial charge on any atom is -0.352 e. The summed E-state index contributed by atoms with van der Waals surface area (Å²) in [5, 5.41) is 5.43. The van der Waals surface area contributed by atoms with E-state index in [4.69, 9.17) is 0 Å². The van der Waals surface area contributed by atoms with E-state index in [0.29, 0.717) is 6.04 Å². The maximum atomic E-state index is 11.4. The summed E-state index contributed by atoms with van der Waals surface area (Å²) in [5.74, 6) is -0.269. The molecule has 5 nitrogen and oxygen atoms in total. The first-order valence-electron chi connectivity index (χ1n) is 5.51. The largest absolute Gasteiger partial charge is 0.352 e. The standard InChI is InChI=1S/C10H18IN3O2/c1-7(15)12-6-10(16)13-8-2-4-9(14-11)5-3-8/h8-9,14H,2-6H2,1H3,(H,12,15)(H,13,16)/t8-,9-. The number of rotatable bonds is 4. The van der Waals surface area contributed by atoms with Crippen LogP contribution in [0.3, 0.4) is 0 Å². The highest BCUT2D eigenvalue weighted by Crippen LogP contribution is 2.19. The molecule has 1 saturated carbocycles. The van der Waals surface area contributed by atoms with Crippen molar-refractivity contribution in [1.29, 1.82) is 0 Å². The predicted molar refractivity (Wildman–Crippen MR) is 70.0 cm³/mol. The van der Waals surface area contributed by atoms with Gasteiger partial charge >= 0.3 is 0 Å². The minimum atomic E-state index is -0.173. The molecule has 1 fully saturated rings. The average molecular weight is 339 g/mol. The van der Waals surface area contributed by atoms with Crippen LogP contribution in [0.4, 0.5) is 0 Å². The van der Waals surface area contributed by atoms with Crippen LogP contribution in [0.2, 0.25) is 0 Å². The molecule has 0 radical (unpaired) electrons. The Bertz CT molecular complexity index is 252. The lowest BCUT2D eigenvalue weighted by atomic mass is 9.92. The van der Waals surface area contributed by atoms with Gasteiger partial charge in [-0.25, -0.2) is 0 Å². The van der Waals surface area contributed by atoms with Crippen LogP contribution in [0.1, 0.15) is 32.6 Å². The van der Waals surface area contributed by atoms with E-state index in [-0.39, 0.29) is 24.4 Å². The van der Waals surface area contributed by atoms with Gasteiger partial charge in [-0.3, -0.25) is 13.1 Å². The molecular formula is C10H18IN3O2. The normalized spacial score (nSPS) is 24.9. The summed E-state index contributed by atoms with van der Waals surface area (Å²) < 4.78 is 3.22. The SMILES string of the molecule is CC(=O)NCC(=O)N[C@H]1CC[C@H](NI)CC1. The quantitative estimate of drug-likeness (QED) is 0.516. The summed E-state index contributed by atoms with van der Waals surface area (Å²) in [6, 6.07) is 0.839. The van der Waals surface area contributed by atoms with Crippen LogP contribution in [0, 0.1) is 0 Å². The van der Waals surface area contributed by atoms with Crippen LogP contribution < -0.4 is 14.2 Å². The Hall–Kier alpha value is -0.370. The van der Waals surface area contributed by atoms with E-state index in [9.17, 15) is 9.59 Å². The van der Waals surface area contributed by atoms with Gasteiger partial charge < -0.3 is 10.6 Å². The van der Waals surface area contributed by atoms with E-state index < -0.39 is 0 Å². The lowest BCUT2D eigenvalue weighted by Gasteiger charge is -2.28. The number of hydrogen-bond acceptors (Lipinski definition) is 3. The summed E-state index contributed by atoms with van der Waals surface area (Å²) >= 11 is 2.17. The van der Waals surface area contributed by atoms with Crippen molar-refractivity contribution in [2.24, 2.45) is 0 Å². The monoisotopic (exact) mass is 339 g/mol. The van der Waals surface area contributed by atoms with E-state index in [0.717, 1.165) is 25.7 Å². The fraction of sp³-hybridized carbons (Fsp3) is 0.800. The Morgan fingerprint density at radius 1 is 1.19 bits per heavy atom. The molecule has 0 saturated heterocycles. The van der Waals surface area contributed by atoms with Crippen LogP contribution >= 0.6 is 22.9 Å². The van der Waals surface area contributed by atoms with Gasteiger partial charge in [0.1, 0.15) is 0 Å². The van der Waals surface area contributed by atoms with Gasteiger partial charge in [-0.05, 0) is 25.7 Å². The lowest BCUT2D eigenvalue weighted by Crippen LogP contribution is -2.44. The van der Waals surface area contributed by atoms with Gasteiger partial charge in [0, 0.05) is 41.9 Å². The number of nitrogens with one attached hydrogen (secondary N) is 3.